The molecule has 5 heteroatoms. The van der Waals surface area contributed by atoms with Gasteiger partial charge in [-0.3, -0.25) is 9.78 Å². The molecule has 0 saturated carbocycles. The molecule has 5 nitrogen and oxygen atoms in total. The molecule has 0 aliphatic carbocycles. The number of methoxy groups -OCH3 is 1. The summed E-state index contributed by atoms with van der Waals surface area (Å²) in [6, 6.07) is 17.1. The maximum atomic E-state index is 12.0. The second-order valence-corrected chi connectivity index (χ2v) is 5.57. The van der Waals surface area contributed by atoms with E-state index in [2.05, 4.69) is 10.3 Å². The van der Waals surface area contributed by atoms with Gasteiger partial charge in [-0.1, -0.05) is 24.3 Å². The van der Waals surface area contributed by atoms with E-state index in [9.17, 15) is 4.79 Å². The minimum atomic E-state index is -0.170. The van der Waals surface area contributed by atoms with Crippen LogP contribution < -0.4 is 14.8 Å². The van der Waals surface area contributed by atoms with Crippen molar-refractivity contribution in [2.24, 2.45) is 0 Å². The van der Waals surface area contributed by atoms with Crippen molar-refractivity contribution < 1.29 is 14.3 Å². The van der Waals surface area contributed by atoms with E-state index in [1.807, 2.05) is 54.6 Å². The third-order valence-electron chi connectivity index (χ3n) is 3.81. The van der Waals surface area contributed by atoms with E-state index in [-0.39, 0.29) is 5.91 Å². The number of nitrogens with one attached hydrogen (secondary N) is 1. The van der Waals surface area contributed by atoms with Crippen molar-refractivity contribution in [2.75, 3.05) is 20.3 Å². The molecule has 132 valence electrons. The molecule has 0 bridgehead atoms. The lowest BCUT2D eigenvalue weighted by molar-refractivity contribution is -0.116. The highest BCUT2D eigenvalue weighted by Crippen LogP contribution is 2.17. The average Bonchev–Trinajstić information content (AvgIpc) is 2.70. The highest BCUT2D eigenvalue weighted by molar-refractivity contribution is 5.95. The molecule has 0 fully saturated rings. The maximum absolute atomic E-state index is 12.0. The van der Waals surface area contributed by atoms with Crippen LogP contribution in [-0.2, 0) is 4.79 Å². The Bertz CT molecular complexity index is 899. The predicted octanol–water partition coefficient (Wildman–Crippen LogP) is 3.45. The minimum absolute atomic E-state index is 0.170. The van der Waals surface area contributed by atoms with Gasteiger partial charge in [0.15, 0.2) is 0 Å². The number of pyridine rings is 1. The first-order valence-electron chi connectivity index (χ1n) is 8.33. The standard InChI is InChI=1S/C21H20N2O3/c1-25-18-8-10-19(11-9-18)26-15-14-22-20(24)12-7-17-5-2-4-16-6-3-13-23-21(16)17/h2-13H,14-15H2,1H3,(H,22,24)/b12-7+. The lowest BCUT2D eigenvalue weighted by Crippen LogP contribution is -2.26. The Balaban J connectivity index is 1.48. The van der Waals surface area contributed by atoms with Gasteiger partial charge < -0.3 is 14.8 Å². The second-order valence-electron chi connectivity index (χ2n) is 5.57. The summed E-state index contributed by atoms with van der Waals surface area (Å²) in [5.41, 5.74) is 1.79. The number of hydrogen-bond acceptors (Lipinski definition) is 4. The van der Waals surface area contributed by atoms with Gasteiger partial charge in [0.25, 0.3) is 0 Å². The number of hydrogen-bond donors (Lipinski definition) is 1. The van der Waals surface area contributed by atoms with Gasteiger partial charge in [0.05, 0.1) is 19.2 Å². The Morgan fingerprint density at radius 3 is 2.65 bits per heavy atom. The summed E-state index contributed by atoms with van der Waals surface area (Å²) < 4.78 is 10.7. The quantitative estimate of drug-likeness (QED) is 0.525. The Labute approximate surface area is 152 Å². The first-order chi connectivity index (χ1) is 12.8. The summed E-state index contributed by atoms with van der Waals surface area (Å²) in [7, 11) is 1.62. The molecule has 1 heterocycles. The van der Waals surface area contributed by atoms with Crippen LogP contribution in [0.4, 0.5) is 0 Å². The lowest BCUT2D eigenvalue weighted by atomic mass is 10.1. The molecule has 3 rings (SSSR count). The number of fused-ring (bicyclic) bond motifs is 1. The zero-order valence-corrected chi connectivity index (χ0v) is 14.5. The molecule has 0 atom stereocenters. The van der Waals surface area contributed by atoms with Crippen LogP contribution in [0.25, 0.3) is 17.0 Å². The number of rotatable bonds is 7. The topological polar surface area (TPSA) is 60.5 Å². The molecule has 0 radical (unpaired) electrons. The van der Waals surface area contributed by atoms with Gasteiger partial charge in [-0.05, 0) is 36.4 Å². The number of aromatic nitrogens is 1. The van der Waals surface area contributed by atoms with Crippen molar-refractivity contribution in [2.45, 2.75) is 0 Å². The highest BCUT2D eigenvalue weighted by atomic mass is 16.5. The third kappa shape index (κ3) is 4.60. The highest BCUT2D eigenvalue weighted by Gasteiger charge is 2.00. The van der Waals surface area contributed by atoms with Crippen LogP contribution in [0.5, 0.6) is 11.5 Å². The van der Waals surface area contributed by atoms with E-state index in [0.29, 0.717) is 13.2 Å². The van der Waals surface area contributed by atoms with Crippen molar-refractivity contribution in [1.29, 1.82) is 0 Å². The predicted molar refractivity (Wildman–Crippen MR) is 102 cm³/mol. The van der Waals surface area contributed by atoms with Gasteiger partial charge in [0.2, 0.25) is 5.91 Å². The van der Waals surface area contributed by atoms with Crippen molar-refractivity contribution in [3.8, 4) is 11.5 Å². The SMILES string of the molecule is COc1ccc(OCCNC(=O)/C=C/c2cccc3cccnc23)cc1. The molecule has 0 spiro atoms. The molecule has 1 aromatic heterocycles. The Morgan fingerprint density at radius 1 is 1.08 bits per heavy atom. The van der Waals surface area contributed by atoms with Gasteiger partial charge in [0.1, 0.15) is 18.1 Å². The van der Waals surface area contributed by atoms with Gasteiger partial charge in [-0.15, -0.1) is 0 Å². The number of benzene rings is 2. The zero-order chi connectivity index (χ0) is 18.2. The fourth-order valence-electron chi connectivity index (χ4n) is 2.50. The summed E-state index contributed by atoms with van der Waals surface area (Å²) in [5.74, 6) is 1.34. The fourth-order valence-corrected chi connectivity index (χ4v) is 2.50. The normalized spacial score (nSPS) is 10.8. The van der Waals surface area contributed by atoms with Crippen LogP contribution in [0.2, 0.25) is 0 Å². The first-order valence-corrected chi connectivity index (χ1v) is 8.33. The fraction of sp³-hybridized carbons (Fsp3) is 0.143. The molecule has 0 unspecified atom stereocenters. The molecule has 26 heavy (non-hydrogen) atoms. The van der Waals surface area contributed by atoms with E-state index in [0.717, 1.165) is 28.0 Å². The average molecular weight is 348 g/mol. The number of ether oxygens (including phenoxy) is 2. The van der Waals surface area contributed by atoms with Crippen molar-refractivity contribution in [3.63, 3.8) is 0 Å². The van der Waals surface area contributed by atoms with Crippen molar-refractivity contribution >= 4 is 22.9 Å². The minimum Gasteiger partial charge on any atom is -0.497 e. The second kappa shape index (κ2) is 8.67. The van der Waals surface area contributed by atoms with E-state index in [1.54, 1.807) is 19.4 Å². The summed E-state index contributed by atoms with van der Waals surface area (Å²) in [6.45, 7) is 0.810. The number of amides is 1. The third-order valence-corrected chi connectivity index (χ3v) is 3.81. The molecular formula is C21H20N2O3. The Hall–Kier alpha value is -3.34. The number of carbonyl (C=O) groups is 1. The van der Waals surface area contributed by atoms with Crippen molar-refractivity contribution in [3.05, 3.63) is 72.4 Å². The van der Waals surface area contributed by atoms with Gasteiger partial charge in [-0.2, -0.15) is 0 Å². The van der Waals surface area contributed by atoms with Crippen LogP contribution in [0.1, 0.15) is 5.56 Å². The summed E-state index contributed by atoms with van der Waals surface area (Å²) in [5, 5.41) is 3.84. The number of nitrogens with zero attached hydrogens (tertiary/aromatic N) is 1. The zero-order valence-electron chi connectivity index (χ0n) is 14.5. The molecule has 0 saturated heterocycles. The largest absolute Gasteiger partial charge is 0.497 e. The smallest absolute Gasteiger partial charge is 0.244 e. The van der Waals surface area contributed by atoms with Crippen LogP contribution in [0, 0.1) is 0 Å². The molecule has 2 aromatic carbocycles. The van der Waals surface area contributed by atoms with E-state index >= 15 is 0 Å². The van der Waals surface area contributed by atoms with Crippen molar-refractivity contribution in [1.82, 2.24) is 10.3 Å². The van der Waals surface area contributed by atoms with E-state index in [1.165, 1.54) is 6.08 Å². The molecule has 1 N–H and O–H groups in total. The molecule has 1 amide bonds. The van der Waals surface area contributed by atoms with Gasteiger partial charge in [-0.25, -0.2) is 0 Å². The Kier molecular flexibility index (Phi) is 5.83. The Morgan fingerprint density at radius 2 is 1.85 bits per heavy atom. The molecule has 0 aliphatic heterocycles. The molecule has 3 aromatic rings. The van der Waals surface area contributed by atoms with Gasteiger partial charge in [0, 0.05) is 23.2 Å². The summed E-state index contributed by atoms with van der Waals surface area (Å²) in [4.78, 5) is 16.3. The van der Waals surface area contributed by atoms with Crippen LogP contribution in [0.3, 0.4) is 0 Å². The maximum Gasteiger partial charge on any atom is 0.244 e. The van der Waals surface area contributed by atoms with Gasteiger partial charge >= 0.3 is 0 Å². The van der Waals surface area contributed by atoms with Crippen LogP contribution in [-0.4, -0.2) is 31.2 Å². The molecular weight excluding hydrogens is 328 g/mol. The molecule has 0 aliphatic rings. The summed E-state index contributed by atoms with van der Waals surface area (Å²) in [6.07, 6.45) is 5.03. The van der Waals surface area contributed by atoms with E-state index < -0.39 is 0 Å². The lowest BCUT2D eigenvalue weighted by Gasteiger charge is -2.07. The monoisotopic (exact) mass is 348 g/mol. The number of para-hydroxylation sites is 1. The van der Waals surface area contributed by atoms with E-state index in [4.69, 9.17) is 9.47 Å². The van der Waals surface area contributed by atoms with Crippen LogP contribution >= 0.6 is 0 Å². The number of carbonyl (C=O) groups excluding carboxylic acids is 1. The first kappa shape index (κ1) is 17.5. The van der Waals surface area contributed by atoms with Crippen LogP contribution in [0.15, 0.2) is 66.9 Å². The summed E-state index contributed by atoms with van der Waals surface area (Å²) >= 11 is 0.